The Morgan fingerprint density at radius 2 is 1.88 bits per heavy atom. The molecule has 0 saturated heterocycles. The molecule has 2 N–H and O–H groups in total. The minimum absolute atomic E-state index is 0.163. The van der Waals surface area contributed by atoms with E-state index in [0.29, 0.717) is 25.0 Å². The lowest BCUT2D eigenvalue weighted by Crippen LogP contribution is -2.41. The molecule has 33 heavy (non-hydrogen) atoms. The third-order valence-electron chi connectivity index (χ3n) is 5.91. The van der Waals surface area contributed by atoms with Gasteiger partial charge in [-0.2, -0.15) is 0 Å². The molecule has 6 heteroatoms. The smallest absolute Gasteiger partial charge is 0.326 e. The number of carboxylic acid groups (broad SMARTS) is 1. The number of carboxylic acids is 1. The van der Waals surface area contributed by atoms with Gasteiger partial charge >= 0.3 is 5.97 Å². The summed E-state index contributed by atoms with van der Waals surface area (Å²) in [6.45, 7) is 6.49. The van der Waals surface area contributed by atoms with Crippen LogP contribution in [0.4, 0.5) is 0 Å². The monoisotopic (exact) mass is 452 g/mol. The van der Waals surface area contributed by atoms with Crippen molar-refractivity contribution < 1.29 is 19.4 Å². The van der Waals surface area contributed by atoms with Crippen molar-refractivity contribution in [2.24, 2.45) is 5.92 Å². The second-order valence-electron chi connectivity index (χ2n) is 9.46. The molecule has 2 aromatic rings. The molecule has 0 aromatic heterocycles. The summed E-state index contributed by atoms with van der Waals surface area (Å²) in [6.07, 6.45) is 4.24. The first-order valence-electron chi connectivity index (χ1n) is 11.9. The second kappa shape index (κ2) is 11.8. The Bertz CT molecular complexity index is 957. The second-order valence-corrected chi connectivity index (χ2v) is 9.46. The van der Waals surface area contributed by atoms with Crippen molar-refractivity contribution in [2.75, 3.05) is 20.2 Å². The summed E-state index contributed by atoms with van der Waals surface area (Å²) < 4.78 is 6.10. The molecule has 3 rings (SSSR count). The number of hydrogen-bond donors (Lipinski definition) is 2. The lowest BCUT2D eigenvalue weighted by atomic mass is 9.99. The van der Waals surface area contributed by atoms with Gasteiger partial charge in [-0.25, -0.2) is 4.79 Å². The zero-order valence-corrected chi connectivity index (χ0v) is 20.0. The third-order valence-corrected chi connectivity index (χ3v) is 5.91. The highest BCUT2D eigenvalue weighted by Gasteiger charge is 2.22. The lowest BCUT2D eigenvalue weighted by molar-refractivity contribution is -0.139. The van der Waals surface area contributed by atoms with Crippen molar-refractivity contribution in [3.63, 3.8) is 0 Å². The molecule has 1 amide bonds. The number of aliphatic carboxylic acids is 1. The van der Waals surface area contributed by atoms with Crippen LogP contribution in [0.15, 0.2) is 42.5 Å². The highest BCUT2D eigenvalue weighted by molar-refractivity contribution is 5.97. The molecule has 1 aliphatic rings. The normalized spacial score (nSPS) is 16.2. The fourth-order valence-electron chi connectivity index (χ4n) is 4.23. The Morgan fingerprint density at radius 3 is 2.64 bits per heavy atom. The molecule has 1 heterocycles. The van der Waals surface area contributed by atoms with E-state index in [0.717, 1.165) is 49.2 Å². The van der Waals surface area contributed by atoms with E-state index in [1.165, 1.54) is 5.56 Å². The standard InChI is InChI=1S/C27H36N2O4/c1-19(2)14-24(27(31)32)28-26(30)22-10-11-25-23(17-22)16-20-8-7-9-21(15-20)18-29(3)12-5-4-6-13-33-25/h7-11,15,17,19,24H,4-6,12-14,16,18H2,1-3H3,(H,28,30)(H,31,32). The topological polar surface area (TPSA) is 78.9 Å². The Kier molecular flexibility index (Phi) is 8.89. The van der Waals surface area contributed by atoms with Crippen LogP contribution in [0.1, 0.15) is 66.6 Å². The van der Waals surface area contributed by atoms with Crippen LogP contribution in [0.5, 0.6) is 5.75 Å². The molecule has 2 bridgehead atoms. The van der Waals surface area contributed by atoms with E-state index >= 15 is 0 Å². The zero-order chi connectivity index (χ0) is 23.8. The number of rotatable bonds is 5. The maximum Gasteiger partial charge on any atom is 0.326 e. The summed E-state index contributed by atoms with van der Waals surface area (Å²) in [7, 11) is 2.15. The molecule has 0 aliphatic carbocycles. The first-order chi connectivity index (χ1) is 15.8. The van der Waals surface area contributed by atoms with Gasteiger partial charge in [0.1, 0.15) is 11.8 Å². The molecular formula is C27H36N2O4. The van der Waals surface area contributed by atoms with Gasteiger partial charge in [-0.3, -0.25) is 4.79 Å². The molecule has 0 spiro atoms. The van der Waals surface area contributed by atoms with E-state index in [1.807, 2.05) is 26.0 Å². The Morgan fingerprint density at radius 1 is 1.09 bits per heavy atom. The van der Waals surface area contributed by atoms with Gasteiger partial charge in [-0.15, -0.1) is 0 Å². The van der Waals surface area contributed by atoms with Crippen molar-refractivity contribution in [3.05, 3.63) is 64.7 Å². The number of ether oxygens (including phenoxy) is 1. The fraction of sp³-hybridized carbons (Fsp3) is 0.481. The molecular weight excluding hydrogens is 416 g/mol. The van der Waals surface area contributed by atoms with Gasteiger partial charge in [0.2, 0.25) is 0 Å². The summed E-state index contributed by atoms with van der Waals surface area (Å²) in [5.74, 6) is -0.444. The van der Waals surface area contributed by atoms with Crippen molar-refractivity contribution in [2.45, 2.75) is 58.5 Å². The summed E-state index contributed by atoms with van der Waals surface area (Å²) in [5, 5.41) is 12.2. The van der Waals surface area contributed by atoms with Gasteiger partial charge in [0.25, 0.3) is 5.91 Å². The first kappa shape index (κ1) is 24.8. The van der Waals surface area contributed by atoms with Gasteiger partial charge in [0.15, 0.2) is 0 Å². The van der Waals surface area contributed by atoms with E-state index in [2.05, 4.69) is 41.5 Å². The predicted molar refractivity (Wildman–Crippen MR) is 130 cm³/mol. The van der Waals surface area contributed by atoms with Crippen LogP contribution in [0, 0.1) is 5.92 Å². The maximum atomic E-state index is 12.9. The van der Waals surface area contributed by atoms with Gasteiger partial charge in [0.05, 0.1) is 6.61 Å². The van der Waals surface area contributed by atoms with Crippen LogP contribution in [0.25, 0.3) is 0 Å². The quantitative estimate of drug-likeness (QED) is 0.698. The molecule has 1 atom stereocenters. The number of hydrogen-bond acceptors (Lipinski definition) is 4. The third kappa shape index (κ3) is 7.60. The lowest BCUT2D eigenvalue weighted by Gasteiger charge is -2.19. The van der Waals surface area contributed by atoms with E-state index < -0.39 is 12.0 Å². The van der Waals surface area contributed by atoms with Crippen LogP contribution in [0.3, 0.4) is 0 Å². The van der Waals surface area contributed by atoms with Crippen molar-refractivity contribution in [1.29, 1.82) is 0 Å². The number of carbonyl (C=O) groups is 2. The van der Waals surface area contributed by atoms with Crippen molar-refractivity contribution in [1.82, 2.24) is 10.2 Å². The molecule has 1 aliphatic heterocycles. The zero-order valence-electron chi connectivity index (χ0n) is 20.0. The van der Waals surface area contributed by atoms with E-state index in [9.17, 15) is 14.7 Å². The SMILES string of the molecule is CC(C)CC(NC(=O)c1ccc2c(c1)Cc1cccc(c1)CN(C)CCCCCO2)C(=O)O. The molecule has 1 unspecified atom stereocenters. The van der Waals surface area contributed by atoms with Crippen molar-refractivity contribution in [3.8, 4) is 5.75 Å². The Labute approximate surface area is 196 Å². The van der Waals surface area contributed by atoms with Gasteiger partial charge in [0, 0.05) is 18.5 Å². The number of nitrogens with one attached hydrogen (secondary N) is 1. The van der Waals surface area contributed by atoms with E-state index in [1.54, 1.807) is 6.07 Å². The largest absolute Gasteiger partial charge is 0.493 e. The highest BCUT2D eigenvalue weighted by atomic mass is 16.5. The van der Waals surface area contributed by atoms with Crippen LogP contribution in [-0.2, 0) is 17.8 Å². The predicted octanol–water partition coefficient (Wildman–Crippen LogP) is 4.50. The minimum Gasteiger partial charge on any atom is -0.493 e. The van der Waals surface area contributed by atoms with Crippen LogP contribution in [-0.4, -0.2) is 48.1 Å². The average Bonchev–Trinajstić information content (AvgIpc) is 2.75. The Hall–Kier alpha value is -2.86. The molecule has 0 fully saturated rings. The van der Waals surface area contributed by atoms with Crippen LogP contribution >= 0.6 is 0 Å². The van der Waals surface area contributed by atoms with E-state index in [4.69, 9.17) is 4.74 Å². The summed E-state index contributed by atoms with van der Waals surface area (Å²) in [6, 6.07) is 13.0. The van der Waals surface area contributed by atoms with E-state index in [-0.39, 0.29) is 11.8 Å². The maximum absolute atomic E-state index is 12.9. The number of fused-ring (bicyclic) bond motifs is 3. The summed E-state index contributed by atoms with van der Waals surface area (Å²) >= 11 is 0. The number of amides is 1. The van der Waals surface area contributed by atoms with Crippen molar-refractivity contribution >= 4 is 11.9 Å². The van der Waals surface area contributed by atoms with Gasteiger partial charge in [-0.1, -0.05) is 38.1 Å². The molecule has 0 saturated carbocycles. The highest BCUT2D eigenvalue weighted by Crippen LogP contribution is 2.25. The summed E-state index contributed by atoms with van der Waals surface area (Å²) in [5.41, 5.74) is 3.80. The molecule has 2 aromatic carbocycles. The number of nitrogens with zero attached hydrogens (tertiary/aromatic N) is 1. The molecule has 178 valence electrons. The summed E-state index contributed by atoms with van der Waals surface area (Å²) in [4.78, 5) is 26.8. The minimum atomic E-state index is -1.01. The van der Waals surface area contributed by atoms with Crippen LogP contribution in [0.2, 0.25) is 0 Å². The molecule has 6 nitrogen and oxygen atoms in total. The Balaban J connectivity index is 1.86. The number of benzene rings is 2. The molecule has 0 radical (unpaired) electrons. The first-order valence-corrected chi connectivity index (χ1v) is 11.9. The average molecular weight is 453 g/mol. The van der Waals surface area contributed by atoms with Gasteiger partial charge in [-0.05, 0) is 80.1 Å². The van der Waals surface area contributed by atoms with Gasteiger partial charge < -0.3 is 20.1 Å². The fourth-order valence-corrected chi connectivity index (χ4v) is 4.23. The van der Waals surface area contributed by atoms with Crippen LogP contribution < -0.4 is 10.1 Å². The number of carbonyl (C=O) groups excluding carboxylic acids is 1.